The smallest absolute Gasteiger partial charge is 0.223 e. The Hall–Kier alpha value is -0.830. The summed E-state index contributed by atoms with van der Waals surface area (Å²) in [5, 5.41) is 3.90. The number of carbonyl (C=O) groups is 1. The Morgan fingerprint density at radius 2 is 1.95 bits per heavy atom. The molecule has 1 aromatic carbocycles. The average molecular weight is 326 g/mol. The normalized spacial score (nSPS) is 13.8. The molecular weight excluding hydrogens is 302 g/mol. The largest absolute Gasteiger partial charge is 0.348 e. The van der Waals surface area contributed by atoms with Crippen molar-refractivity contribution in [2.75, 3.05) is 5.33 Å². The van der Waals surface area contributed by atoms with E-state index in [0.29, 0.717) is 0 Å². The molecule has 0 aliphatic rings. The fourth-order valence-corrected chi connectivity index (χ4v) is 2.69. The number of carbonyl (C=O) groups excluding carboxylic acids is 1. The molecule has 106 valence electrons. The minimum absolute atomic E-state index is 0.0596. The van der Waals surface area contributed by atoms with Crippen molar-refractivity contribution in [2.24, 2.45) is 5.92 Å². The van der Waals surface area contributed by atoms with Crippen LogP contribution in [0.25, 0.3) is 0 Å². The van der Waals surface area contributed by atoms with E-state index in [2.05, 4.69) is 47.2 Å². The fraction of sp³-hybridized carbons (Fsp3) is 0.562. The van der Waals surface area contributed by atoms with Crippen molar-refractivity contribution in [3.63, 3.8) is 0 Å². The molecule has 1 rings (SSSR count). The molecule has 0 spiro atoms. The zero-order valence-corrected chi connectivity index (χ0v) is 13.4. The van der Waals surface area contributed by atoms with E-state index < -0.39 is 0 Å². The van der Waals surface area contributed by atoms with Gasteiger partial charge in [0.05, 0.1) is 6.04 Å². The predicted molar refractivity (Wildman–Crippen MR) is 84.4 cm³/mol. The van der Waals surface area contributed by atoms with Gasteiger partial charge in [-0.1, -0.05) is 73.0 Å². The summed E-state index contributed by atoms with van der Waals surface area (Å²) < 4.78 is 0. The SMILES string of the molecule is CCCCC(CC)C(=O)NC(CBr)c1ccccc1. The number of alkyl halides is 1. The molecule has 0 radical (unpaired) electrons. The summed E-state index contributed by atoms with van der Waals surface area (Å²) >= 11 is 3.49. The number of unbranched alkanes of at least 4 members (excludes halogenated alkanes) is 1. The van der Waals surface area contributed by atoms with E-state index >= 15 is 0 Å². The fourth-order valence-electron chi connectivity index (χ4n) is 2.16. The van der Waals surface area contributed by atoms with Crippen molar-refractivity contribution in [1.82, 2.24) is 5.32 Å². The second kappa shape index (κ2) is 9.13. The predicted octanol–water partition coefficient (Wildman–Crippen LogP) is 4.46. The quantitative estimate of drug-likeness (QED) is 0.702. The maximum atomic E-state index is 12.3. The van der Waals surface area contributed by atoms with Crippen molar-refractivity contribution >= 4 is 21.8 Å². The molecule has 2 nitrogen and oxygen atoms in total. The van der Waals surface area contributed by atoms with Gasteiger partial charge in [0.1, 0.15) is 0 Å². The first-order chi connectivity index (χ1) is 9.22. The molecule has 0 aliphatic heterocycles. The lowest BCUT2D eigenvalue weighted by Crippen LogP contribution is -2.34. The molecule has 1 N–H and O–H groups in total. The number of amides is 1. The van der Waals surface area contributed by atoms with Crippen molar-refractivity contribution in [3.8, 4) is 0 Å². The second-order valence-electron chi connectivity index (χ2n) is 4.87. The van der Waals surface area contributed by atoms with Crippen LogP contribution in [0.5, 0.6) is 0 Å². The molecule has 0 fully saturated rings. The number of halogens is 1. The van der Waals surface area contributed by atoms with Crippen LogP contribution >= 0.6 is 15.9 Å². The maximum absolute atomic E-state index is 12.3. The molecule has 1 amide bonds. The van der Waals surface area contributed by atoms with Gasteiger partial charge < -0.3 is 5.32 Å². The van der Waals surface area contributed by atoms with Crippen molar-refractivity contribution in [3.05, 3.63) is 35.9 Å². The lowest BCUT2D eigenvalue weighted by molar-refractivity contribution is -0.126. The lowest BCUT2D eigenvalue weighted by Gasteiger charge is -2.21. The highest BCUT2D eigenvalue weighted by molar-refractivity contribution is 9.09. The molecule has 3 heteroatoms. The molecule has 0 saturated heterocycles. The van der Waals surface area contributed by atoms with E-state index in [1.807, 2.05) is 18.2 Å². The van der Waals surface area contributed by atoms with E-state index in [-0.39, 0.29) is 17.9 Å². The van der Waals surface area contributed by atoms with Gasteiger partial charge >= 0.3 is 0 Å². The van der Waals surface area contributed by atoms with Gasteiger partial charge in [-0.3, -0.25) is 4.79 Å². The van der Waals surface area contributed by atoms with Crippen LogP contribution in [0.2, 0.25) is 0 Å². The number of benzene rings is 1. The summed E-state index contributed by atoms with van der Waals surface area (Å²) in [5.41, 5.74) is 1.15. The van der Waals surface area contributed by atoms with E-state index in [9.17, 15) is 4.79 Å². The molecule has 0 aromatic heterocycles. The van der Waals surface area contributed by atoms with Crippen LogP contribution in [0, 0.1) is 5.92 Å². The van der Waals surface area contributed by atoms with Crippen LogP contribution in [-0.2, 0) is 4.79 Å². The van der Waals surface area contributed by atoms with Crippen LogP contribution < -0.4 is 5.32 Å². The van der Waals surface area contributed by atoms with Gasteiger partial charge in [-0.15, -0.1) is 0 Å². The van der Waals surface area contributed by atoms with E-state index in [4.69, 9.17) is 0 Å². The minimum Gasteiger partial charge on any atom is -0.348 e. The summed E-state index contributed by atoms with van der Waals surface area (Å²) in [4.78, 5) is 12.3. The molecule has 0 heterocycles. The van der Waals surface area contributed by atoms with Gasteiger partial charge in [-0.2, -0.15) is 0 Å². The third-order valence-corrected chi connectivity index (χ3v) is 4.09. The zero-order chi connectivity index (χ0) is 14.1. The molecule has 19 heavy (non-hydrogen) atoms. The first-order valence-electron chi connectivity index (χ1n) is 7.14. The highest BCUT2D eigenvalue weighted by atomic mass is 79.9. The van der Waals surface area contributed by atoms with Crippen LogP contribution in [-0.4, -0.2) is 11.2 Å². The Balaban J connectivity index is 2.62. The Morgan fingerprint density at radius 3 is 2.47 bits per heavy atom. The summed E-state index contributed by atoms with van der Waals surface area (Å²) in [6.07, 6.45) is 4.17. The second-order valence-corrected chi connectivity index (χ2v) is 5.52. The molecule has 0 aliphatic carbocycles. The van der Waals surface area contributed by atoms with Gasteiger partial charge in [0.25, 0.3) is 0 Å². The molecule has 2 atom stereocenters. The Labute approximate surface area is 125 Å². The summed E-state index contributed by atoms with van der Waals surface area (Å²) in [6, 6.07) is 10.2. The summed E-state index contributed by atoms with van der Waals surface area (Å²) in [5.74, 6) is 0.328. The van der Waals surface area contributed by atoms with Crippen LogP contribution in [0.15, 0.2) is 30.3 Å². The first-order valence-corrected chi connectivity index (χ1v) is 8.26. The summed E-state index contributed by atoms with van der Waals surface area (Å²) in [7, 11) is 0. The lowest BCUT2D eigenvalue weighted by atomic mass is 9.97. The number of rotatable bonds is 8. The molecular formula is C16H24BrNO. The van der Waals surface area contributed by atoms with E-state index in [1.54, 1.807) is 0 Å². The minimum atomic E-state index is 0.0596. The van der Waals surface area contributed by atoms with Crippen LogP contribution in [0.3, 0.4) is 0 Å². The highest BCUT2D eigenvalue weighted by Gasteiger charge is 2.19. The number of hydrogen-bond acceptors (Lipinski definition) is 1. The first kappa shape index (κ1) is 16.2. The van der Waals surface area contributed by atoms with Gasteiger partial charge in [0.15, 0.2) is 0 Å². The molecule has 1 aromatic rings. The third-order valence-electron chi connectivity index (χ3n) is 3.44. The van der Waals surface area contributed by atoms with Crippen molar-refractivity contribution in [2.45, 2.75) is 45.6 Å². The third kappa shape index (κ3) is 5.35. The van der Waals surface area contributed by atoms with Crippen molar-refractivity contribution in [1.29, 1.82) is 0 Å². The topological polar surface area (TPSA) is 29.1 Å². The van der Waals surface area contributed by atoms with Crippen LogP contribution in [0.1, 0.15) is 51.1 Å². The van der Waals surface area contributed by atoms with Gasteiger partial charge in [0, 0.05) is 11.2 Å². The van der Waals surface area contributed by atoms with E-state index in [0.717, 1.165) is 36.6 Å². The van der Waals surface area contributed by atoms with Gasteiger partial charge in [-0.25, -0.2) is 0 Å². The van der Waals surface area contributed by atoms with Gasteiger partial charge in [0.2, 0.25) is 5.91 Å². The standard InChI is InChI=1S/C16H24BrNO/c1-3-5-9-13(4-2)16(19)18-15(12-17)14-10-7-6-8-11-14/h6-8,10-11,13,15H,3-5,9,12H2,1-2H3,(H,18,19). The van der Waals surface area contributed by atoms with E-state index in [1.165, 1.54) is 0 Å². The Kier molecular flexibility index (Phi) is 7.80. The maximum Gasteiger partial charge on any atom is 0.223 e. The molecule has 2 unspecified atom stereocenters. The Bertz CT molecular complexity index is 366. The van der Waals surface area contributed by atoms with Gasteiger partial charge in [-0.05, 0) is 18.4 Å². The zero-order valence-electron chi connectivity index (χ0n) is 11.9. The van der Waals surface area contributed by atoms with Crippen molar-refractivity contribution < 1.29 is 4.79 Å². The number of nitrogens with one attached hydrogen (secondary N) is 1. The monoisotopic (exact) mass is 325 g/mol. The molecule has 0 bridgehead atoms. The summed E-state index contributed by atoms with van der Waals surface area (Å²) in [6.45, 7) is 4.25. The van der Waals surface area contributed by atoms with Crippen LogP contribution in [0.4, 0.5) is 0 Å². The Morgan fingerprint density at radius 1 is 1.26 bits per heavy atom. The molecule has 0 saturated carbocycles. The average Bonchev–Trinajstić information content (AvgIpc) is 2.46. The number of hydrogen-bond donors (Lipinski definition) is 1. The highest BCUT2D eigenvalue weighted by Crippen LogP contribution is 2.18.